The van der Waals surface area contributed by atoms with Crippen LogP contribution in [0, 0.1) is 0 Å². The summed E-state index contributed by atoms with van der Waals surface area (Å²) in [6.07, 6.45) is 0. The van der Waals surface area contributed by atoms with Gasteiger partial charge >= 0.3 is 0 Å². The molecular formula is C19H13N3O3. The minimum absolute atomic E-state index is 0.0148. The molecule has 3 aromatic rings. The van der Waals surface area contributed by atoms with Gasteiger partial charge in [-0.25, -0.2) is 0 Å². The molecule has 25 heavy (non-hydrogen) atoms. The molecule has 0 radical (unpaired) electrons. The van der Waals surface area contributed by atoms with E-state index in [-0.39, 0.29) is 16.9 Å². The Labute approximate surface area is 142 Å². The molecule has 1 aromatic heterocycles. The molecule has 0 bridgehead atoms. The Balaban J connectivity index is 2.03. The minimum atomic E-state index is -0.604. The maximum atomic E-state index is 12.6. The predicted octanol–water partition coefficient (Wildman–Crippen LogP) is 1.97. The fraction of sp³-hybridized carbons (Fsp3) is 0. The van der Waals surface area contributed by atoms with Crippen LogP contribution in [0.2, 0.25) is 0 Å². The molecule has 6 nitrogen and oxygen atoms in total. The number of hydrogen-bond donors (Lipinski definition) is 2. The molecule has 122 valence electrons. The number of carbonyl (C=O) groups is 2. The number of pyridine rings is 1. The van der Waals surface area contributed by atoms with Gasteiger partial charge in [0.2, 0.25) is 0 Å². The molecule has 0 saturated carbocycles. The number of benzene rings is 2. The Hall–Kier alpha value is -3.67. The van der Waals surface area contributed by atoms with E-state index in [1.807, 2.05) is 42.5 Å². The van der Waals surface area contributed by atoms with Crippen LogP contribution in [0.15, 0.2) is 65.5 Å². The summed E-state index contributed by atoms with van der Waals surface area (Å²) in [5, 5.41) is 2.17. The zero-order valence-corrected chi connectivity index (χ0v) is 13.0. The van der Waals surface area contributed by atoms with Crippen molar-refractivity contribution in [3.8, 4) is 16.8 Å². The number of rotatable bonds is 2. The van der Waals surface area contributed by atoms with Crippen LogP contribution in [0.4, 0.5) is 5.82 Å². The number of aromatic nitrogens is 1. The number of amides is 2. The summed E-state index contributed by atoms with van der Waals surface area (Å²) in [6, 6.07) is 17.9. The van der Waals surface area contributed by atoms with Gasteiger partial charge in [0.25, 0.3) is 17.4 Å². The van der Waals surface area contributed by atoms with E-state index in [0.717, 1.165) is 17.2 Å². The van der Waals surface area contributed by atoms with E-state index in [2.05, 4.69) is 5.32 Å². The number of nitrogens with two attached hydrogens (primary N) is 1. The average Bonchev–Trinajstić information content (AvgIpc) is 2.90. The van der Waals surface area contributed by atoms with Crippen molar-refractivity contribution in [3.63, 3.8) is 0 Å². The van der Waals surface area contributed by atoms with Gasteiger partial charge in [-0.05, 0) is 11.6 Å². The van der Waals surface area contributed by atoms with Crippen molar-refractivity contribution in [1.82, 2.24) is 9.88 Å². The van der Waals surface area contributed by atoms with Crippen molar-refractivity contribution in [2.24, 2.45) is 0 Å². The van der Waals surface area contributed by atoms with E-state index in [1.165, 1.54) is 4.57 Å². The normalized spacial score (nSPS) is 12.8. The molecule has 0 spiro atoms. The molecule has 2 aromatic carbocycles. The van der Waals surface area contributed by atoms with E-state index < -0.39 is 17.4 Å². The highest BCUT2D eigenvalue weighted by atomic mass is 16.2. The predicted molar refractivity (Wildman–Crippen MR) is 93.7 cm³/mol. The monoisotopic (exact) mass is 331 g/mol. The second kappa shape index (κ2) is 5.45. The van der Waals surface area contributed by atoms with Crippen LogP contribution in [0.1, 0.15) is 20.7 Å². The van der Waals surface area contributed by atoms with E-state index in [4.69, 9.17) is 5.73 Å². The SMILES string of the molecule is Nc1c2c(cc(=O)n1-c1ccccc1-c1ccccc1)C(=O)NC2=O. The maximum Gasteiger partial charge on any atom is 0.262 e. The fourth-order valence-electron chi connectivity index (χ4n) is 3.06. The van der Waals surface area contributed by atoms with Gasteiger partial charge in [-0.3, -0.25) is 24.3 Å². The molecule has 2 heterocycles. The molecule has 6 heteroatoms. The van der Waals surface area contributed by atoms with Crippen LogP contribution in [0.3, 0.4) is 0 Å². The summed E-state index contributed by atoms with van der Waals surface area (Å²) in [5.41, 5.74) is 7.95. The van der Waals surface area contributed by atoms with Crippen molar-refractivity contribution < 1.29 is 9.59 Å². The Bertz CT molecular complexity index is 1080. The van der Waals surface area contributed by atoms with Crippen molar-refractivity contribution in [2.75, 3.05) is 5.73 Å². The molecule has 0 atom stereocenters. The van der Waals surface area contributed by atoms with Gasteiger partial charge in [0.05, 0.1) is 16.8 Å². The number of hydrogen-bond acceptors (Lipinski definition) is 4. The Morgan fingerprint density at radius 1 is 0.800 bits per heavy atom. The first-order chi connectivity index (χ1) is 12.1. The number of nitrogens with one attached hydrogen (secondary N) is 1. The second-order valence-electron chi connectivity index (χ2n) is 5.66. The van der Waals surface area contributed by atoms with Gasteiger partial charge in [-0.15, -0.1) is 0 Å². The van der Waals surface area contributed by atoms with Crippen molar-refractivity contribution in [1.29, 1.82) is 0 Å². The molecule has 2 amide bonds. The Kier molecular flexibility index (Phi) is 3.25. The van der Waals surface area contributed by atoms with Gasteiger partial charge in [-0.2, -0.15) is 0 Å². The van der Waals surface area contributed by atoms with Crippen molar-refractivity contribution in [3.05, 3.63) is 82.1 Å². The number of nitrogens with zero attached hydrogens (tertiary/aromatic N) is 1. The number of nitrogen functional groups attached to an aromatic ring is 1. The Morgan fingerprint density at radius 3 is 2.24 bits per heavy atom. The third-order valence-electron chi connectivity index (χ3n) is 4.18. The molecule has 3 N–H and O–H groups in total. The van der Waals surface area contributed by atoms with Crippen LogP contribution >= 0.6 is 0 Å². The smallest absolute Gasteiger partial charge is 0.262 e. The minimum Gasteiger partial charge on any atom is -0.384 e. The molecule has 1 aliphatic heterocycles. The first-order valence-electron chi connectivity index (χ1n) is 7.64. The molecule has 0 unspecified atom stereocenters. The zero-order valence-electron chi connectivity index (χ0n) is 13.0. The number of imide groups is 1. The lowest BCUT2D eigenvalue weighted by Gasteiger charge is -2.15. The topological polar surface area (TPSA) is 94.2 Å². The fourth-order valence-corrected chi connectivity index (χ4v) is 3.06. The summed E-state index contributed by atoms with van der Waals surface area (Å²) in [5.74, 6) is -1.25. The van der Waals surface area contributed by atoms with Crippen molar-refractivity contribution >= 4 is 17.6 Å². The van der Waals surface area contributed by atoms with Gasteiger partial charge in [0.1, 0.15) is 5.82 Å². The maximum absolute atomic E-state index is 12.6. The summed E-state index contributed by atoms with van der Waals surface area (Å²) in [4.78, 5) is 36.4. The number of carbonyl (C=O) groups excluding carboxylic acids is 2. The van der Waals surface area contributed by atoms with Gasteiger partial charge in [0.15, 0.2) is 0 Å². The van der Waals surface area contributed by atoms with E-state index in [9.17, 15) is 14.4 Å². The Morgan fingerprint density at radius 2 is 1.48 bits per heavy atom. The summed E-state index contributed by atoms with van der Waals surface area (Å²) in [6.45, 7) is 0. The highest BCUT2D eigenvalue weighted by Crippen LogP contribution is 2.29. The number of para-hydroxylation sites is 1. The molecule has 4 rings (SSSR count). The lowest BCUT2D eigenvalue weighted by Crippen LogP contribution is -2.24. The molecule has 0 fully saturated rings. The standard InChI is InChI=1S/C19H13N3O3/c20-17-16-13(18(24)21-19(16)25)10-15(23)22(17)14-9-5-4-8-12(14)11-6-2-1-3-7-11/h1-10H,20H2,(H,21,24,25). The average molecular weight is 331 g/mol. The third-order valence-corrected chi connectivity index (χ3v) is 4.18. The van der Waals surface area contributed by atoms with Crippen LogP contribution in [0.25, 0.3) is 16.8 Å². The quantitative estimate of drug-likeness (QED) is 0.702. The van der Waals surface area contributed by atoms with Crippen LogP contribution in [-0.4, -0.2) is 16.4 Å². The first-order valence-corrected chi connectivity index (χ1v) is 7.64. The van der Waals surface area contributed by atoms with Crippen LogP contribution < -0.4 is 16.6 Å². The van der Waals surface area contributed by atoms with Gasteiger partial charge < -0.3 is 5.73 Å². The molecular weight excluding hydrogens is 318 g/mol. The van der Waals surface area contributed by atoms with Gasteiger partial charge in [0, 0.05) is 11.6 Å². The number of fused-ring (bicyclic) bond motifs is 1. The van der Waals surface area contributed by atoms with E-state index >= 15 is 0 Å². The molecule has 1 aliphatic rings. The van der Waals surface area contributed by atoms with Crippen LogP contribution in [0.5, 0.6) is 0 Å². The largest absolute Gasteiger partial charge is 0.384 e. The van der Waals surface area contributed by atoms with Crippen molar-refractivity contribution in [2.45, 2.75) is 0 Å². The molecule has 0 saturated heterocycles. The lowest BCUT2D eigenvalue weighted by molar-refractivity contribution is 0.0880. The second-order valence-corrected chi connectivity index (χ2v) is 5.66. The lowest BCUT2D eigenvalue weighted by atomic mass is 10.0. The van der Waals surface area contributed by atoms with Crippen LogP contribution in [-0.2, 0) is 0 Å². The first kappa shape index (κ1) is 14.9. The molecule has 0 aliphatic carbocycles. The summed E-state index contributed by atoms with van der Waals surface area (Å²) < 4.78 is 1.26. The summed E-state index contributed by atoms with van der Waals surface area (Å²) in [7, 11) is 0. The zero-order chi connectivity index (χ0) is 17.6. The highest BCUT2D eigenvalue weighted by molar-refractivity contribution is 6.23. The van der Waals surface area contributed by atoms with E-state index in [1.54, 1.807) is 12.1 Å². The van der Waals surface area contributed by atoms with E-state index in [0.29, 0.717) is 5.69 Å². The van der Waals surface area contributed by atoms with Gasteiger partial charge in [-0.1, -0.05) is 48.5 Å². The third kappa shape index (κ3) is 2.23. The summed E-state index contributed by atoms with van der Waals surface area (Å²) >= 11 is 0. The number of anilines is 1. The highest BCUT2D eigenvalue weighted by Gasteiger charge is 2.32.